The Hall–Kier alpha value is -0.930. The Morgan fingerprint density at radius 3 is 2.50 bits per heavy atom. The fraction of sp³-hybridized carbons (Fsp3) is 0.538. The third kappa shape index (κ3) is 3.91. The zero-order chi connectivity index (χ0) is 12.1. The Kier molecular flexibility index (Phi) is 4.90. The molecule has 0 saturated heterocycles. The van der Waals surface area contributed by atoms with Crippen LogP contribution in [0.1, 0.15) is 32.4 Å². The van der Waals surface area contributed by atoms with E-state index in [0.29, 0.717) is 12.5 Å². The van der Waals surface area contributed by atoms with Crippen LogP contribution in [0.3, 0.4) is 0 Å². The van der Waals surface area contributed by atoms with Crippen LogP contribution in [-0.2, 0) is 4.74 Å². The molecule has 0 saturated carbocycles. The van der Waals surface area contributed by atoms with E-state index in [4.69, 9.17) is 10.5 Å². The maximum atomic E-state index is 13.1. The van der Waals surface area contributed by atoms with Gasteiger partial charge in [-0.1, -0.05) is 26.0 Å². The quantitative estimate of drug-likeness (QED) is 0.836. The van der Waals surface area contributed by atoms with Gasteiger partial charge in [0, 0.05) is 12.6 Å². The molecule has 0 aliphatic heterocycles. The molecule has 90 valence electrons. The predicted molar refractivity (Wildman–Crippen MR) is 63.6 cm³/mol. The van der Waals surface area contributed by atoms with Crippen LogP contribution in [-0.4, -0.2) is 12.6 Å². The highest BCUT2D eigenvalue weighted by Crippen LogP contribution is 2.21. The third-order valence-electron chi connectivity index (χ3n) is 2.26. The zero-order valence-corrected chi connectivity index (χ0v) is 10.1. The summed E-state index contributed by atoms with van der Waals surface area (Å²) in [6, 6.07) is 6.27. The van der Waals surface area contributed by atoms with Crippen molar-refractivity contribution in [2.24, 2.45) is 11.7 Å². The second-order valence-corrected chi connectivity index (χ2v) is 4.56. The van der Waals surface area contributed by atoms with Crippen molar-refractivity contribution in [1.29, 1.82) is 0 Å². The molecule has 1 rings (SSSR count). The van der Waals surface area contributed by atoms with E-state index >= 15 is 0 Å². The van der Waals surface area contributed by atoms with Gasteiger partial charge in [-0.2, -0.15) is 0 Å². The lowest BCUT2D eigenvalue weighted by molar-refractivity contribution is 0.0219. The van der Waals surface area contributed by atoms with Gasteiger partial charge >= 0.3 is 0 Å². The smallest absolute Gasteiger partial charge is 0.123 e. The van der Waals surface area contributed by atoms with E-state index in [1.807, 2.05) is 13.0 Å². The summed E-state index contributed by atoms with van der Waals surface area (Å²) in [4.78, 5) is 0. The highest BCUT2D eigenvalue weighted by molar-refractivity contribution is 5.20. The Bertz CT molecular complexity index is 325. The van der Waals surface area contributed by atoms with Crippen molar-refractivity contribution < 1.29 is 9.13 Å². The van der Waals surface area contributed by atoms with E-state index in [2.05, 4.69) is 13.8 Å². The molecule has 0 fully saturated rings. The van der Waals surface area contributed by atoms with Crippen LogP contribution in [0.4, 0.5) is 4.39 Å². The molecule has 0 aromatic heterocycles. The molecule has 3 heteroatoms. The number of hydrogen-bond donors (Lipinski definition) is 1. The first-order chi connectivity index (χ1) is 7.50. The molecule has 0 heterocycles. The fourth-order valence-corrected chi connectivity index (χ4v) is 1.53. The summed E-state index contributed by atoms with van der Waals surface area (Å²) in [6.07, 6.45) is -0.238. The largest absolute Gasteiger partial charge is 0.372 e. The highest BCUT2D eigenvalue weighted by atomic mass is 19.1. The summed E-state index contributed by atoms with van der Waals surface area (Å²) in [5, 5.41) is 0. The fourth-order valence-electron chi connectivity index (χ4n) is 1.53. The Balaban J connectivity index is 2.77. The van der Waals surface area contributed by atoms with Crippen molar-refractivity contribution in [3.63, 3.8) is 0 Å². The Morgan fingerprint density at radius 2 is 2.00 bits per heavy atom. The molecular weight excluding hydrogens is 205 g/mol. The molecular formula is C13H20FNO. The molecule has 0 aliphatic carbocycles. The van der Waals surface area contributed by atoms with Crippen molar-refractivity contribution in [1.82, 2.24) is 0 Å². The lowest BCUT2D eigenvalue weighted by Gasteiger charge is -2.23. The van der Waals surface area contributed by atoms with Crippen molar-refractivity contribution in [2.75, 3.05) is 6.61 Å². The summed E-state index contributed by atoms with van der Waals surface area (Å²) in [5.41, 5.74) is 6.66. The maximum Gasteiger partial charge on any atom is 0.123 e. The normalized spacial score (nSPS) is 15.1. The Morgan fingerprint density at radius 1 is 1.31 bits per heavy atom. The zero-order valence-electron chi connectivity index (χ0n) is 10.1. The minimum atomic E-state index is -0.253. The number of nitrogens with two attached hydrogens (primary N) is 1. The van der Waals surface area contributed by atoms with Crippen molar-refractivity contribution in [3.8, 4) is 0 Å². The van der Waals surface area contributed by atoms with Gasteiger partial charge in [0.1, 0.15) is 5.82 Å². The van der Waals surface area contributed by atoms with Gasteiger partial charge in [-0.25, -0.2) is 4.39 Å². The van der Waals surface area contributed by atoms with Crippen LogP contribution in [0.2, 0.25) is 0 Å². The van der Waals surface area contributed by atoms with E-state index in [0.717, 1.165) is 5.56 Å². The van der Waals surface area contributed by atoms with Gasteiger partial charge in [-0.15, -0.1) is 0 Å². The first-order valence-corrected chi connectivity index (χ1v) is 5.63. The maximum absolute atomic E-state index is 13.1. The minimum Gasteiger partial charge on any atom is -0.372 e. The molecule has 16 heavy (non-hydrogen) atoms. The highest BCUT2D eigenvalue weighted by Gasteiger charge is 2.17. The first kappa shape index (κ1) is 13.1. The van der Waals surface area contributed by atoms with Crippen LogP contribution in [0, 0.1) is 11.7 Å². The molecule has 0 radical (unpaired) electrons. The average molecular weight is 225 g/mol. The lowest BCUT2D eigenvalue weighted by Crippen LogP contribution is -2.28. The molecule has 0 bridgehead atoms. The van der Waals surface area contributed by atoms with Crippen molar-refractivity contribution >= 4 is 0 Å². The summed E-state index contributed by atoms with van der Waals surface area (Å²) in [5.74, 6) is 0.186. The van der Waals surface area contributed by atoms with E-state index in [1.54, 1.807) is 6.07 Å². The number of benzene rings is 1. The summed E-state index contributed by atoms with van der Waals surface area (Å²) in [6.45, 7) is 6.65. The number of rotatable bonds is 5. The monoisotopic (exact) mass is 225 g/mol. The second kappa shape index (κ2) is 5.97. The van der Waals surface area contributed by atoms with Crippen LogP contribution < -0.4 is 5.73 Å². The van der Waals surface area contributed by atoms with Gasteiger partial charge in [-0.3, -0.25) is 0 Å². The topological polar surface area (TPSA) is 35.2 Å². The first-order valence-electron chi connectivity index (χ1n) is 5.63. The molecule has 0 aliphatic rings. The summed E-state index contributed by atoms with van der Waals surface area (Å²) in [7, 11) is 0. The average Bonchev–Trinajstić information content (AvgIpc) is 2.17. The van der Waals surface area contributed by atoms with Crippen LogP contribution in [0.15, 0.2) is 24.3 Å². The number of halogens is 1. The van der Waals surface area contributed by atoms with Gasteiger partial charge in [0.05, 0.1) is 6.10 Å². The Labute approximate surface area is 96.6 Å². The number of hydrogen-bond acceptors (Lipinski definition) is 2. The summed E-state index contributed by atoms with van der Waals surface area (Å²) < 4.78 is 18.8. The van der Waals surface area contributed by atoms with Gasteiger partial charge < -0.3 is 10.5 Å². The molecule has 0 spiro atoms. The van der Waals surface area contributed by atoms with Gasteiger partial charge in [0.25, 0.3) is 0 Å². The van der Waals surface area contributed by atoms with Crippen molar-refractivity contribution in [3.05, 3.63) is 35.6 Å². The second-order valence-electron chi connectivity index (χ2n) is 4.56. The minimum absolute atomic E-state index is 0.152. The SMILES string of the molecule is CC(C)COC(c1cccc(F)c1)C(C)N. The van der Waals surface area contributed by atoms with Crippen LogP contribution >= 0.6 is 0 Å². The summed E-state index contributed by atoms with van der Waals surface area (Å²) >= 11 is 0. The lowest BCUT2D eigenvalue weighted by atomic mass is 10.0. The van der Waals surface area contributed by atoms with Crippen LogP contribution in [0.25, 0.3) is 0 Å². The standard InChI is InChI=1S/C13H20FNO/c1-9(2)8-16-13(10(3)15)11-5-4-6-12(14)7-11/h4-7,9-10,13H,8,15H2,1-3H3. The van der Waals surface area contributed by atoms with Crippen molar-refractivity contribution in [2.45, 2.75) is 32.9 Å². The van der Waals surface area contributed by atoms with Gasteiger partial charge in [0.2, 0.25) is 0 Å². The number of ether oxygens (including phenoxy) is 1. The van der Waals surface area contributed by atoms with E-state index in [9.17, 15) is 4.39 Å². The van der Waals surface area contributed by atoms with Gasteiger partial charge in [0.15, 0.2) is 0 Å². The predicted octanol–water partition coefficient (Wildman–Crippen LogP) is 2.89. The molecule has 2 nitrogen and oxygen atoms in total. The molecule has 1 aromatic rings. The van der Waals surface area contributed by atoms with E-state index < -0.39 is 0 Å². The van der Waals surface area contributed by atoms with E-state index in [1.165, 1.54) is 12.1 Å². The third-order valence-corrected chi connectivity index (χ3v) is 2.26. The van der Waals surface area contributed by atoms with Crippen LogP contribution in [0.5, 0.6) is 0 Å². The molecule has 0 amide bonds. The molecule has 2 unspecified atom stereocenters. The molecule has 2 atom stereocenters. The van der Waals surface area contributed by atoms with Gasteiger partial charge in [-0.05, 0) is 30.5 Å². The molecule has 2 N–H and O–H groups in total. The molecule has 1 aromatic carbocycles. The van der Waals surface area contributed by atoms with E-state index in [-0.39, 0.29) is 18.0 Å².